The first kappa shape index (κ1) is 11.5. The third kappa shape index (κ3) is 2.77. The molecule has 0 spiro atoms. The van der Waals surface area contributed by atoms with Gasteiger partial charge in [-0.05, 0) is 24.1 Å². The molecule has 3 heteroatoms. The van der Waals surface area contributed by atoms with Gasteiger partial charge in [-0.1, -0.05) is 30.3 Å². The van der Waals surface area contributed by atoms with Crippen molar-refractivity contribution in [1.29, 1.82) is 0 Å². The van der Waals surface area contributed by atoms with Gasteiger partial charge in [-0.2, -0.15) is 0 Å². The predicted octanol–water partition coefficient (Wildman–Crippen LogP) is 2.54. The Hall–Kier alpha value is -2.00. The lowest BCUT2D eigenvalue weighted by Gasteiger charge is -2.03. The summed E-state index contributed by atoms with van der Waals surface area (Å²) in [4.78, 5) is 8.39. The Labute approximate surface area is 100 Å². The highest BCUT2D eigenvalue weighted by molar-refractivity contribution is 5.66. The molecule has 0 atom stereocenters. The zero-order chi connectivity index (χ0) is 12.1. The molecule has 3 nitrogen and oxygen atoms in total. The van der Waals surface area contributed by atoms with Gasteiger partial charge in [-0.25, -0.2) is 9.97 Å². The molecule has 0 fully saturated rings. The number of aromatic nitrogens is 2. The molecule has 1 aromatic carbocycles. The normalized spacial score (nSPS) is 11.5. The van der Waals surface area contributed by atoms with Crippen molar-refractivity contribution in [2.75, 3.05) is 6.61 Å². The Morgan fingerprint density at radius 2 is 1.82 bits per heavy atom. The Bertz CT molecular complexity index is 504. The molecule has 17 heavy (non-hydrogen) atoms. The van der Waals surface area contributed by atoms with E-state index >= 15 is 0 Å². The summed E-state index contributed by atoms with van der Waals surface area (Å²) in [5, 5.41) is 8.83. The maximum atomic E-state index is 8.83. The molecule has 0 aliphatic heterocycles. The largest absolute Gasteiger partial charge is 0.392 e. The van der Waals surface area contributed by atoms with Gasteiger partial charge in [0.15, 0.2) is 5.82 Å². The second-order valence-electron chi connectivity index (χ2n) is 3.72. The van der Waals surface area contributed by atoms with Gasteiger partial charge in [0.1, 0.15) is 0 Å². The summed E-state index contributed by atoms with van der Waals surface area (Å²) in [6, 6.07) is 9.78. The van der Waals surface area contributed by atoms with E-state index in [0.29, 0.717) is 0 Å². The van der Waals surface area contributed by atoms with Crippen molar-refractivity contribution in [3.05, 3.63) is 54.4 Å². The van der Waals surface area contributed by atoms with E-state index in [9.17, 15) is 0 Å². The number of rotatable bonds is 3. The standard InChI is InChI=1S/C14H14N2O/c1-11(7-10-17)12-3-5-13(6-4-12)14-15-8-2-9-16-14/h2-9,17H,10H2,1H3/b11-7-. The summed E-state index contributed by atoms with van der Waals surface area (Å²) in [5.41, 5.74) is 3.15. The molecule has 0 unspecified atom stereocenters. The summed E-state index contributed by atoms with van der Waals surface area (Å²) in [7, 11) is 0. The SMILES string of the molecule is C/C(=C/CO)c1ccc(-c2ncccn2)cc1. The summed E-state index contributed by atoms with van der Waals surface area (Å²) >= 11 is 0. The van der Waals surface area contributed by atoms with E-state index in [0.717, 1.165) is 22.5 Å². The smallest absolute Gasteiger partial charge is 0.159 e. The van der Waals surface area contributed by atoms with E-state index in [4.69, 9.17) is 5.11 Å². The van der Waals surface area contributed by atoms with Crippen LogP contribution in [0.3, 0.4) is 0 Å². The molecule has 0 amide bonds. The van der Waals surface area contributed by atoms with Crippen molar-refractivity contribution >= 4 is 5.57 Å². The number of hydrogen-bond acceptors (Lipinski definition) is 3. The van der Waals surface area contributed by atoms with Gasteiger partial charge in [0.05, 0.1) is 6.61 Å². The second-order valence-corrected chi connectivity index (χ2v) is 3.72. The number of allylic oxidation sites excluding steroid dienone is 1. The average molecular weight is 226 g/mol. The fourth-order valence-electron chi connectivity index (χ4n) is 1.59. The quantitative estimate of drug-likeness (QED) is 0.874. The van der Waals surface area contributed by atoms with Crippen molar-refractivity contribution in [1.82, 2.24) is 9.97 Å². The van der Waals surface area contributed by atoms with Gasteiger partial charge in [0.25, 0.3) is 0 Å². The molecule has 0 saturated carbocycles. The van der Waals surface area contributed by atoms with Crippen molar-refractivity contribution in [3.8, 4) is 11.4 Å². The molecule has 2 rings (SSSR count). The molecule has 0 bridgehead atoms. The van der Waals surface area contributed by atoms with Crippen LogP contribution in [-0.2, 0) is 0 Å². The molecular formula is C14H14N2O. The molecule has 1 aromatic heterocycles. The van der Waals surface area contributed by atoms with E-state index in [2.05, 4.69) is 9.97 Å². The van der Waals surface area contributed by atoms with Crippen LogP contribution in [0.1, 0.15) is 12.5 Å². The molecule has 1 N–H and O–H groups in total. The second kappa shape index (κ2) is 5.37. The Balaban J connectivity index is 2.28. The lowest BCUT2D eigenvalue weighted by molar-refractivity contribution is 0.343. The molecule has 86 valence electrons. The average Bonchev–Trinajstić information content (AvgIpc) is 2.40. The fourth-order valence-corrected chi connectivity index (χ4v) is 1.59. The zero-order valence-electron chi connectivity index (χ0n) is 9.67. The molecule has 0 aliphatic carbocycles. The van der Waals surface area contributed by atoms with Crippen LogP contribution in [-0.4, -0.2) is 21.7 Å². The summed E-state index contributed by atoms with van der Waals surface area (Å²) in [5.74, 6) is 0.725. The highest BCUT2D eigenvalue weighted by Gasteiger charge is 2.00. The van der Waals surface area contributed by atoms with E-state index in [-0.39, 0.29) is 6.61 Å². The highest BCUT2D eigenvalue weighted by atomic mass is 16.2. The Morgan fingerprint density at radius 1 is 1.18 bits per heavy atom. The van der Waals surface area contributed by atoms with Crippen LogP contribution >= 0.6 is 0 Å². The number of nitrogens with zero attached hydrogens (tertiary/aromatic N) is 2. The van der Waals surface area contributed by atoms with Crippen LogP contribution in [0.15, 0.2) is 48.8 Å². The summed E-state index contributed by atoms with van der Waals surface area (Å²) in [6.07, 6.45) is 5.24. The zero-order valence-corrected chi connectivity index (χ0v) is 9.67. The minimum Gasteiger partial charge on any atom is -0.392 e. The van der Waals surface area contributed by atoms with Crippen molar-refractivity contribution in [2.45, 2.75) is 6.92 Å². The summed E-state index contributed by atoms with van der Waals surface area (Å²) < 4.78 is 0. The molecule has 0 radical (unpaired) electrons. The minimum absolute atomic E-state index is 0.0649. The van der Waals surface area contributed by atoms with Crippen LogP contribution in [0.4, 0.5) is 0 Å². The lowest BCUT2D eigenvalue weighted by Crippen LogP contribution is -1.88. The van der Waals surface area contributed by atoms with Gasteiger partial charge in [0, 0.05) is 18.0 Å². The molecule has 2 aromatic rings. The van der Waals surface area contributed by atoms with E-state index < -0.39 is 0 Å². The van der Waals surface area contributed by atoms with Crippen LogP contribution in [0, 0.1) is 0 Å². The lowest BCUT2D eigenvalue weighted by atomic mass is 10.0. The summed E-state index contributed by atoms with van der Waals surface area (Å²) in [6.45, 7) is 2.04. The van der Waals surface area contributed by atoms with E-state index in [1.807, 2.05) is 31.2 Å². The molecule has 0 saturated heterocycles. The van der Waals surface area contributed by atoms with E-state index in [1.165, 1.54) is 0 Å². The predicted molar refractivity (Wildman–Crippen MR) is 68.2 cm³/mol. The first-order chi connectivity index (χ1) is 8.31. The van der Waals surface area contributed by atoms with Crippen LogP contribution in [0.5, 0.6) is 0 Å². The van der Waals surface area contributed by atoms with Crippen LogP contribution in [0.2, 0.25) is 0 Å². The third-order valence-corrected chi connectivity index (χ3v) is 2.56. The maximum absolute atomic E-state index is 8.83. The van der Waals surface area contributed by atoms with E-state index in [1.54, 1.807) is 24.5 Å². The first-order valence-corrected chi connectivity index (χ1v) is 5.46. The highest BCUT2D eigenvalue weighted by Crippen LogP contribution is 2.19. The number of benzene rings is 1. The maximum Gasteiger partial charge on any atom is 0.159 e. The van der Waals surface area contributed by atoms with Gasteiger partial charge >= 0.3 is 0 Å². The van der Waals surface area contributed by atoms with Crippen LogP contribution < -0.4 is 0 Å². The monoisotopic (exact) mass is 226 g/mol. The van der Waals surface area contributed by atoms with Crippen molar-refractivity contribution < 1.29 is 5.11 Å². The van der Waals surface area contributed by atoms with Crippen molar-refractivity contribution in [2.24, 2.45) is 0 Å². The van der Waals surface area contributed by atoms with Crippen molar-refractivity contribution in [3.63, 3.8) is 0 Å². The van der Waals surface area contributed by atoms with Crippen LogP contribution in [0.25, 0.3) is 17.0 Å². The molecule has 1 heterocycles. The Morgan fingerprint density at radius 3 is 2.41 bits per heavy atom. The third-order valence-electron chi connectivity index (χ3n) is 2.56. The van der Waals surface area contributed by atoms with Gasteiger partial charge < -0.3 is 5.11 Å². The molecule has 0 aliphatic rings. The number of aliphatic hydroxyl groups is 1. The minimum atomic E-state index is 0.0649. The Kier molecular flexibility index (Phi) is 3.62. The first-order valence-electron chi connectivity index (χ1n) is 5.46. The number of hydrogen-bond donors (Lipinski definition) is 1. The molecular weight excluding hydrogens is 212 g/mol. The number of aliphatic hydroxyl groups excluding tert-OH is 1. The fraction of sp³-hybridized carbons (Fsp3) is 0.143. The topological polar surface area (TPSA) is 46.0 Å². The van der Waals surface area contributed by atoms with Gasteiger partial charge in [0.2, 0.25) is 0 Å². The van der Waals surface area contributed by atoms with Gasteiger partial charge in [-0.3, -0.25) is 0 Å². The van der Waals surface area contributed by atoms with Gasteiger partial charge in [-0.15, -0.1) is 0 Å².